The van der Waals surface area contributed by atoms with Crippen LogP contribution in [0.3, 0.4) is 0 Å². The van der Waals surface area contributed by atoms with Crippen LogP contribution in [0.25, 0.3) is 0 Å². The predicted molar refractivity (Wildman–Crippen MR) is 196 cm³/mol. The van der Waals surface area contributed by atoms with Crippen molar-refractivity contribution in [3.63, 3.8) is 0 Å². The number of nitrogens with zero attached hydrogens (tertiary/aromatic N) is 5. The molecular formula is C38H45Cl2N5O5. The molecule has 3 aliphatic heterocycles. The summed E-state index contributed by atoms with van der Waals surface area (Å²) in [6.45, 7) is 10.8. The van der Waals surface area contributed by atoms with E-state index >= 15 is 4.79 Å². The molecule has 3 aliphatic rings. The molecule has 2 saturated heterocycles. The minimum atomic E-state index is -0.870. The molecule has 6 rings (SSSR count). The van der Waals surface area contributed by atoms with Gasteiger partial charge < -0.3 is 24.0 Å². The lowest BCUT2D eigenvalue weighted by molar-refractivity contribution is -0.136. The Morgan fingerprint density at radius 3 is 2.14 bits per heavy atom. The van der Waals surface area contributed by atoms with Gasteiger partial charge in [0.25, 0.3) is 0 Å². The third-order valence-electron chi connectivity index (χ3n) is 9.68. The van der Waals surface area contributed by atoms with Crippen LogP contribution in [0.1, 0.15) is 49.9 Å². The van der Waals surface area contributed by atoms with E-state index in [1.54, 1.807) is 7.11 Å². The molecule has 2 fully saturated rings. The maximum Gasteiger partial charge on any atom is 0.326 e. The lowest BCUT2D eigenvalue weighted by Gasteiger charge is -2.41. The van der Waals surface area contributed by atoms with Crippen LogP contribution in [0, 0.1) is 0 Å². The molecule has 0 spiro atoms. The van der Waals surface area contributed by atoms with Gasteiger partial charge in [-0.25, -0.2) is 4.79 Å². The Bertz CT molecular complexity index is 1690. The van der Waals surface area contributed by atoms with E-state index in [0.29, 0.717) is 98.4 Å². The average molecular weight is 723 g/mol. The predicted octanol–water partition coefficient (Wildman–Crippen LogP) is 6.49. The van der Waals surface area contributed by atoms with Crippen molar-refractivity contribution in [2.75, 3.05) is 66.1 Å². The van der Waals surface area contributed by atoms with Crippen molar-refractivity contribution in [1.82, 2.24) is 19.6 Å². The summed E-state index contributed by atoms with van der Waals surface area (Å²) in [5.74, 6) is 1.81. The van der Waals surface area contributed by atoms with Gasteiger partial charge in [0, 0.05) is 55.4 Å². The Morgan fingerprint density at radius 1 is 0.900 bits per heavy atom. The summed E-state index contributed by atoms with van der Waals surface area (Å²) in [5.41, 5.74) is 1.65. The van der Waals surface area contributed by atoms with Gasteiger partial charge >= 0.3 is 6.03 Å². The summed E-state index contributed by atoms with van der Waals surface area (Å²) < 4.78 is 17.3. The molecule has 0 unspecified atom stereocenters. The Labute approximate surface area is 304 Å². The maximum atomic E-state index is 15.1. The highest BCUT2D eigenvalue weighted by molar-refractivity contribution is 6.30. The van der Waals surface area contributed by atoms with Crippen molar-refractivity contribution in [2.45, 2.75) is 44.9 Å². The number of piperazine rings is 1. The van der Waals surface area contributed by atoms with Gasteiger partial charge in [0.2, 0.25) is 5.91 Å². The average Bonchev–Trinajstić information content (AvgIpc) is 3.48. The second kappa shape index (κ2) is 15.6. The molecule has 0 saturated carbocycles. The molecule has 3 aromatic carbocycles. The Kier molecular flexibility index (Phi) is 11.2. The molecule has 0 aromatic heterocycles. The summed E-state index contributed by atoms with van der Waals surface area (Å²) in [5, 5.41) is 1.22. The molecule has 0 N–H and O–H groups in total. The van der Waals surface area contributed by atoms with Crippen LogP contribution in [0.5, 0.6) is 11.5 Å². The van der Waals surface area contributed by atoms with Gasteiger partial charge in [-0.1, -0.05) is 54.4 Å². The van der Waals surface area contributed by atoms with Crippen LogP contribution in [0.4, 0.5) is 4.79 Å². The number of halogens is 2. The number of ether oxygens (including phenoxy) is 3. The first-order chi connectivity index (χ1) is 24.1. The molecule has 10 nitrogen and oxygen atoms in total. The van der Waals surface area contributed by atoms with Crippen molar-refractivity contribution < 1.29 is 23.8 Å². The number of benzene rings is 3. The van der Waals surface area contributed by atoms with Crippen LogP contribution in [0.2, 0.25) is 10.0 Å². The first kappa shape index (κ1) is 36.0. The third kappa shape index (κ3) is 7.44. The molecule has 3 heterocycles. The molecule has 12 heteroatoms. The molecule has 0 radical (unpaired) electrons. The normalized spacial score (nSPS) is 21.4. The van der Waals surface area contributed by atoms with Crippen LogP contribution in [0.15, 0.2) is 71.7 Å². The van der Waals surface area contributed by atoms with Crippen molar-refractivity contribution in [3.8, 4) is 11.5 Å². The number of amides is 3. The van der Waals surface area contributed by atoms with Gasteiger partial charge in [0.1, 0.15) is 22.9 Å². The first-order valence-electron chi connectivity index (χ1n) is 17.3. The fourth-order valence-electron chi connectivity index (χ4n) is 7.06. The zero-order valence-electron chi connectivity index (χ0n) is 29.1. The smallest absolute Gasteiger partial charge is 0.326 e. The topological polar surface area (TPSA) is 87.2 Å². The van der Waals surface area contributed by atoms with Gasteiger partial charge in [-0.3, -0.25) is 19.6 Å². The summed E-state index contributed by atoms with van der Waals surface area (Å²) in [4.78, 5) is 41.4. The lowest BCUT2D eigenvalue weighted by Crippen LogP contribution is -2.56. The van der Waals surface area contributed by atoms with Gasteiger partial charge in [0.15, 0.2) is 0 Å². The lowest BCUT2D eigenvalue weighted by atomic mass is 9.78. The Balaban J connectivity index is 1.41. The molecule has 3 aromatic rings. The van der Waals surface area contributed by atoms with Gasteiger partial charge in [-0.05, 0) is 67.8 Å². The molecule has 266 valence electrons. The maximum absolute atomic E-state index is 15.1. The SMILES string of the molecule is CC[C@@]1(c2ccc(Cl)cc2)N=C(c2ccc(OC)cc2OC(C)C)N(C(=O)N2CCN(CC(=O)N3CCOCC3)CC2)[C@@H]1c1ccc(Cl)cc1. The summed E-state index contributed by atoms with van der Waals surface area (Å²) in [6.07, 6.45) is 0.447. The summed E-state index contributed by atoms with van der Waals surface area (Å²) in [7, 11) is 1.62. The number of aliphatic imine (C=N–C) groups is 1. The number of carbonyl (C=O) groups excluding carboxylic acids is 2. The molecule has 2 atom stereocenters. The summed E-state index contributed by atoms with van der Waals surface area (Å²) in [6, 6.07) is 20.3. The second-order valence-corrected chi connectivity index (χ2v) is 14.0. The first-order valence-corrected chi connectivity index (χ1v) is 18.0. The molecule has 50 heavy (non-hydrogen) atoms. The zero-order valence-corrected chi connectivity index (χ0v) is 30.6. The highest BCUT2D eigenvalue weighted by atomic mass is 35.5. The van der Waals surface area contributed by atoms with E-state index in [1.165, 1.54) is 0 Å². The van der Waals surface area contributed by atoms with Crippen molar-refractivity contribution in [2.24, 2.45) is 4.99 Å². The standard InChI is InChI=1S/C38H45Cl2N5O5/c1-5-38(28-8-12-30(40)13-9-28)35(27-6-10-29(39)11-7-27)45(36(41-38)32-15-14-31(48-4)24-33(32)50-26(2)3)37(47)44-18-16-42(17-19-44)25-34(46)43-20-22-49-23-21-43/h6-15,24,26,35H,5,16-23,25H2,1-4H3/t35-,38+/m1/s1. The molecule has 0 aliphatic carbocycles. The Hall–Kier alpha value is -3.83. The van der Waals surface area contributed by atoms with E-state index in [1.807, 2.05) is 95.3 Å². The second-order valence-electron chi connectivity index (χ2n) is 13.1. The van der Waals surface area contributed by atoms with E-state index in [-0.39, 0.29) is 18.0 Å². The number of urea groups is 1. The minimum Gasteiger partial charge on any atom is -0.497 e. The quantitative estimate of drug-likeness (QED) is 0.251. The molecule has 0 bridgehead atoms. The number of hydrogen-bond acceptors (Lipinski definition) is 7. The number of methoxy groups -OCH3 is 1. The highest BCUT2D eigenvalue weighted by Crippen LogP contribution is 2.52. The minimum absolute atomic E-state index is 0.0951. The number of amidine groups is 1. The van der Waals surface area contributed by atoms with Crippen molar-refractivity contribution in [3.05, 3.63) is 93.5 Å². The van der Waals surface area contributed by atoms with Crippen molar-refractivity contribution in [1.29, 1.82) is 0 Å². The zero-order chi connectivity index (χ0) is 35.4. The third-order valence-corrected chi connectivity index (χ3v) is 10.2. The number of hydrogen-bond donors (Lipinski definition) is 0. The number of rotatable bonds is 9. The monoisotopic (exact) mass is 721 g/mol. The van der Waals surface area contributed by atoms with E-state index in [4.69, 9.17) is 42.4 Å². The van der Waals surface area contributed by atoms with Gasteiger partial charge in [-0.15, -0.1) is 0 Å². The number of carbonyl (C=O) groups is 2. The number of morpholine rings is 1. The van der Waals surface area contributed by atoms with E-state index in [2.05, 4.69) is 11.8 Å². The van der Waals surface area contributed by atoms with Gasteiger partial charge in [-0.2, -0.15) is 0 Å². The van der Waals surface area contributed by atoms with Crippen molar-refractivity contribution >= 4 is 41.0 Å². The highest BCUT2D eigenvalue weighted by Gasteiger charge is 2.53. The van der Waals surface area contributed by atoms with Gasteiger partial charge in [0.05, 0.1) is 44.6 Å². The van der Waals surface area contributed by atoms with E-state index in [9.17, 15) is 4.79 Å². The molecular weight excluding hydrogens is 677 g/mol. The molecule has 3 amide bonds. The van der Waals surface area contributed by atoms with E-state index < -0.39 is 11.6 Å². The van der Waals surface area contributed by atoms with E-state index in [0.717, 1.165) is 11.1 Å². The van der Waals surface area contributed by atoms with Crippen LogP contribution in [-0.4, -0.2) is 110 Å². The fraction of sp³-hybridized carbons (Fsp3) is 0.447. The largest absolute Gasteiger partial charge is 0.497 e. The Morgan fingerprint density at radius 2 is 1.54 bits per heavy atom. The van der Waals surface area contributed by atoms with Crippen LogP contribution < -0.4 is 9.47 Å². The summed E-state index contributed by atoms with van der Waals surface area (Å²) >= 11 is 12.8. The van der Waals surface area contributed by atoms with Crippen LogP contribution >= 0.6 is 23.2 Å². The van der Waals surface area contributed by atoms with Crippen LogP contribution in [-0.2, 0) is 15.1 Å². The fourth-order valence-corrected chi connectivity index (χ4v) is 7.31.